The predicted molar refractivity (Wildman–Crippen MR) is 56.3 cm³/mol. The van der Waals surface area contributed by atoms with E-state index in [-0.39, 0.29) is 16.3 Å². The number of rotatable bonds is 3. The van der Waals surface area contributed by atoms with Gasteiger partial charge in [-0.15, -0.1) is 11.6 Å². The number of aromatic nitrogens is 1. The van der Waals surface area contributed by atoms with E-state index >= 15 is 0 Å². The van der Waals surface area contributed by atoms with Gasteiger partial charge in [0.25, 0.3) is 0 Å². The van der Waals surface area contributed by atoms with E-state index in [4.69, 9.17) is 16.9 Å². The third kappa shape index (κ3) is 2.28. The van der Waals surface area contributed by atoms with E-state index in [1.807, 2.05) is 6.07 Å². The van der Waals surface area contributed by atoms with Crippen LogP contribution in [0.25, 0.3) is 0 Å². The first-order valence-electron chi connectivity index (χ1n) is 4.18. The van der Waals surface area contributed by atoms with Crippen molar-refractivity contribution in [2.75, 3.05) is 5.88 Å². The van der Waals surface area contributed by atoms with Crippen LogP contribution in [0.3, 0.4) is 0 Å². The highest BCUT2D eigenvalue weighted by Gasteiger charge is 2.25. The number of alkyl halides is 1. The van der Waals surface area contributed by atoms with Gasteiger partial charge in [-0.2, -0.15) is 5.26 Å². The molecule has 0 bridgehead atoms. The van der Waals surface area contributed by atoms with Gasteiger partial charge in [-0.05, 0) is 13.0 Å². The van der Waals surface area contributed by atoms with Gasteiger partial charge in [0.1, 0.15) is 11.0 Å². The van der Waals surface area contributed by atoms with E-state index in [1.54, 1.807) is 0 Å². The van der Waals surface area contributed by atoms with Gasteiger partial charge in [-0.1, -0.05) is 0 Å². The fraction of sp³-hybridized carbons (Fsp3) is 0.333. The average Bonchev–Trinajstić information content (AvgIpc) is 2.27. The van der Waals surface area contributed by atoms with E-state index in [9.17, 15) is 8.42 Å². The summed E-state index contributed by atoms with van der Waals surface area (Å²) >= 11 is 5.50. The SMILES string of the molecule is CC(CCl)S(=O)(=O)c1cnccc1C#N. The van der Waals surface area contributed by atoms with Crippen LogP contribution in [-0.4, -0.2) is 24.5 Å². The zero-order valence-corrected chi connectivity index (χ0v) is 9.59. The second kappa shape index (κ2) is 4.60. The lowest BCUT2D eigenvalue weighted by Gasteiger charge is -2.09. The Morgan fingerprint density at radius 2 is 2.33 bits per heavy atom. The summed E-state index contributed by atoms with van der Waals surface area (Å²) in [6.07, 6.45) is 2.56. The Morgan fingerprint density at radius 3 is 2.87 bits per heavy atom. The van der Waals surface area contributed by atoms with E-state index in [0.717, 1.165) is 0 Å². The second-order valence-corrected chi connectivity index (χ2v) is 5.64. The van der Waals surface area contributed by atoms with Gasteiger partial charge < -0.3 is 0 Å². The first-order chi connectivity index (χ1) is 7.04. The van der Waals surface area contributed by atoms with Crippen molar-refractivity contribution >= 4 is 21.4 Å². The molecular formula is C9H9ClN2O2S. The van der Waals surface area contributed by atoms with Crippen molar-refractivity contribution in [1.82, 2.24) is 4.98 Å². The van der Waals surface area contributed by atoms with Crippen molar-refractivity contribution in [3.63, 3.8) is 0 Å². The van der Waals surface area contributed by atoms with Crippen LogP contribution in [0.1, 0.15) is 12.5 Å². The molecule has 0 aliphatic carbocycles. The van der Waals surface area contributed by atoms with E-state index in [2.05, 4.69) is 4.98 Å². The molecule has 6 heteroatoms. The molecule has 4 nitrogen and oxygen atoms in total. The number of hydrogen-bond donors (Lipinski definition) is 0. The van der Waals surface area contributed by atoms with Crippen LogP contribution in [0.15, 0.2) is 23.4 Å². The summed E-state index contributed by atoms with van der Waals surface area (Å²) in [6.45, 7) is 1.50. The summed E-state index contributed by atoms with van der Waals surface area (Å²) < 4.78 is 23.7. The maximum absolute atomic E-state index is 11.9. The molecule has 1 aromatic heterocycles. The molecule has 0 saturated carbocycles. The Balaban J connectivity index is 3.35. The lowest BCUT2D eigenvalue weighted by atomic mass is 10.3. The Hall–Kier alpha value is -1.12. The largest absolute Gasteiger partial charge is 0.263 e. The van der Waals surface area contributed by atoms with Crippen molar-refractivity contribution in [3.8, 4) is 6.07 Å². The van der Waals surface area contributed by atoms with Gasteiger partial charge >= 0.3 is 0 Å². The number of halogens is 1. The number of nitrogens with zero attached hydrogens (tertiary/aromatic N) is 2. The standard InChI is InChI=1S/C9H9ClN2O2S/c1-7(4-10)15(13,14)9-6-12-3-2-8(9)5-11/h2-3,6-7H,4H2,1H3. The van der Waals surface area contributed by atoms with Crippen molar-refractivity contribution in [2.24, 2.45) is 0 Å². The number of nitriles is 1. The molecule has 1 atom stereocenters. The lowest BCUT2D eigenvalue weighted by molar-refractivity contribution is 0.587. The molecule has 80 valence electrons. The van der Waals surface area contributed by atoms with Crippen LogP contribution in [0.2, 0.25) is 0 Å². The third-order valence-corrected chi connectivity index (χ3v) is 4.77. The lowest BCUT2D eigenvalue weighted by Crippen LogP contribution is -2.20. The molecule has 1 unspecified atom stereocenters. The molecule has 1 aromatic rings. The van der Waals surface area contributed by atoms with Gasteiger partial charge in [0.2, 0.25) is 0 Å². The summed E-state index contributed by atoms with van der Waals surface area (Å²) in [6, 6.07) is 3.19. The molecule has 1 rings (SSSR count). The summed E-state index contributed by atoms with van der Waals surface area (Å²) in [4.78, 5) is 3.65. The van der Waals surface area contributed by atoms with Gasteiger partial charge in [0.05, 0.1) is 10.8 Å². The van der Waals surface area contributed by atoms with Crippen LogP contribution in [0, 0.1) is 11.3 Å². The van der Waals surface area contributed by atoms with E-state index < -0.39 is 15.1 Å². The summed E-state index contributed by atoms with van der Waals surface area (Å²) in [5.74, 6) is -0.0118. The van der Waals surface area contributed by atoms with Gasteiger partial charge in [-0.3, -0.25) is 4.98 Å². The first-order valence-corrected chi connectivity index (χ1v) is 6.26. The minimum absolute atomic E-state index is 0.0118. The van der Waals surface area contributed by atoms with Crippen molar-refractivity contribution in [1.29, 1.82) is 5.26 Å². The molecule has 0 aromatic carbocycles. The normalized spacial score (nSPS) is 13.1. The minimum Gasteiger partial charge on any atom is -0.263 e. The number of sulfone groups is 1. The van der Waals surface area contributed by atoms with Gasteiger partial charge in [0.15, 0.2) is 9.84 Å². The molecule has 1 heterocycles. The fourth-order valence-electron chi connectivity index (χ4n) is 0.999. The summed E-state index contributed by atoms with van der Waals surface area (Å²) in [5, 5.41) is 8.03. The Labute approximate surface area is 93.4 Å². The smallest absolute Gasteiger partial charge is 0.184 e. The second-order valence-electron chi connectivity index (χ2n) is 2.99. The molecule has 0 saturated heterocycles. The molecule has 0 radical (unpaired) electrons. The topological polar surface area (TPSA) is 70.8 Å². The zero-order chi connectivity index (χ0) is 11.5. The zero-order valence-electron chi connectivity index (χ0n) is 8.01. The van der Waals surface area contributed by atoms with Crippen LogP contribution in [0.5, 0.6) is 0 Å². The number of hydrogen-bond acceptors (Lipinski definition) is 4. The minimum atomic E-state index is -3.55. The first kappa shape index (κ1) is 12.0. The Morgan fingerprint density at radius 1 is 1.67 bits per heavy atom. The monoisotopic (exact) mass is 244 g/mol. The van der Waals surface area contributed by atoms with Crippen LogP contribution < -0.4 is 0 Å². The Kier molecular flexibility index (Phi) is 3.66. The van der Waals surface area contributed by atoms with E-state index in [1.165, 1.54) is 25.4 Å². The molecule has 15 heavy (non-hydrogen) atoms. The van der Waals surface area contributed by atoms with E-state index in [0.29, 0.717) is 0 Å². The maximum Gasteiger partial charge on any atom is 0.184 e. The van der Waals surface area contributed by atoms with Gasteiger partial charge in [-0.25, -0.2) is 8.42 Å². The molecule has 0 amide bonds. The van der Waals surface area contributed by atoms with Crippen LogP contribution >= 0.6 is 11.6 Å². The van der Waals surface area contributed by atoms with Crippen molar-refractivity contribution < 1.29 is 8.42 Å². The highest BCUT2D eigenvalue weighted by atomic mass is 35.5. The summed E-state index contributed by atoms with van der Waals surface area (Å²) in [7, 11) is -3.55. The highest BCUT2D eigenvalue weighted by molar-refractivity contribution is 7.92. The molecule has 0 N–H and O–H groups in total. The quantitative estimate of drug-likeness (QED) is 0.753. The summed E-state index contributed by atoms with van der Waals surface area (Å²) in [5.41, 5.74) is 0.0990. The molecular weight excluding hydrogens is 236 g/mol. The van der Waals surface area contributed by atoms with Crippen molar-refractivity contribution in [2.45, 2.75) is 17.1 Å². The molecule has 0 spiro atoms. The molecule has 0 aliphatic heterocycles. The Bertz CT molecular complexity index is 493. The van der Waals surface area contributed by atoms with Crippen molar-refractivity contribution in [3.05, 3.63) is 24.0 Å². The van der Waals surface area contributed by atoms with Crippen LogP contribution in [-0.2, 0) is 9.84 Å². The molecule has 0 fully saturated rings. The van der Waals surface area contributed by atoms with Gasteiger partial charge in [0, 0.05) is 18.3 Å². The third-order valence-electron chi connectivity index (χ3n) is 1.96. The predicted octanol–water partition coefficient (Wildman–Crippen LogP) is 1.35. The average molecular weight is 245 g/mol. The molecule has 0 aliphatic rings. The fourth-order valence-corrected chi connectivity index (χ4v) is 2.72. The maximum atomic E-state index is 11.9. The highest BCUT2D eigenvalue weighted by Crippen LogP contribution is 2.19. The van der Waals surface area contributed by atoms with Crippen LogP contribution in [0.4, 0.5) is 0 Å². The number of pyridine rings is 1.